The van der Waals surface area contributed by atoms with Crippen molar-refractivity contribution in [3.63, 3.8) is 0 Å². The number of anilines is 1. The van der Waals surface area contributed by atoms with E-state index in [1.54, 1.807) is 15.8 Å². The summed E-state index contributed by atoms with van der Waals surface area (Å²) in [6.07, 6.45) is -1.18. The molecule has 4 rings (SSSR count). The van der Waals surface area contributed by atoms with Crippen LogP contribution in [0.2, 0.25) is 0 Å². The first kappa shape index (κ1) is 21.4. The van der Waals surface area contributed by atoms with Gasteiger partial charge in [-0.15, -0.1) is 0 Å². The highest BCUT2D eigenvalue weighted by molar-refractivity contribution is 5.86. The van der Waals surface area contributed by atoms with Gasteiger partial charge >= 0.3 is 12.2 Å². The van der Waals surface area contributed by atoms with E-state index in [1.807, 2.05) is 7.05 Å². The van der Waals surface area contributed by atoms with Crippen molar-refractivity contribution >= 4 is 22.9 Å². The van der Waals surface area contributed by atoms with Gasteiger partial charge in [0.25, 0.3) is 0 Å². The van der Waals surface area contributed by atoms with Crippen LogP contribution in [0.15, 0.2) is 36.8 Å². The maximum absolute atomic E-state index is 12.8. The van der Waals surface area contributed by atoms with E-state index < -0.39 is 11.7 Å². The Morgan fingerprint density at radius 1 is 1.19 bits per heavy atom. The standard InChI is InChI=1S/C21H20F3N7O/c1-29-18-17(13-28-29)19(27-14-26-18)30-8-10-31(11-9-30)20(32)25-7-3-5-15-4-2-6-16(12-15)21(22,23)24/h2,4,6,12-14H,7-11H2,1H3,(H,25,32). The number of carbonyl (C=O) groups excluding carboxylic acids is 1. The van der Waals surface area contributed by atoms with Crippen LogP contribution in [0.4, 0.5) is 23.8 Å². The summed E-state index contributed by atoms with van der Waals surface area (Å²) in [4.78, 5) is 24.8. The number of aromatic nitrogens is 4. The molecule has 0 saturated carbocycles. The monoisotopic (exact) mass is 443 g/mol. The molecule has 3 aromatic rings. The Labute approximate surface area is 182 Å². The Morgan fingerprint density at radius 2 is 1.97 bits per heavy atom. The summed E-state index contributed by atoms with van der Waals surface area (Å²) in [5.41, 5.74) is 0.238. The second-order valence-corrected chi connectivity index (χ2v) is 7.22. The summed E-state index contributed by atoms with van der Waals surface area (Å²) in [5, 5.41) is 7.77. The van der Waals surface area contributed by atoms with E-state index in [9.17, 15) is 18.0 Å². The zero-order chi connectivity index (χ0) is 22.7. The zero-order valence-corrected chi connectivity index (χ0v) is 17.2. The quantitative estimate of drug-likeness (QED) is 0.615. The molecule has 0 spiro atoms. The molecular formula is C21H20F3N7O. The normalized spacial score (nSPS) is 14.2. The number of urea groups is 1. The third kappa shape index (κ3) is 4.59. The fourth-order valence-electron chi connectivity index (χ4n) is 3.47. The molecule has 11 heteroatoms. The Bertz CT molecular complexity index is 1190. The topological polar surface area (TPSA) is 79.2 Å². The lowest BCUT2D eigenvalue weighted by Crippen LogP contribution is -2.52. The van der Waals surface area contributed by atoms with Crippen LogP contribution in [0.25, 0.3) is 11.0 Å². The van der Waals surface area contributed by atoms with Crippen molar-refractivity contribution in [3.05, 3.63) is 47.9 Å². The second kappa shape index (κ2) is 8.74. The van der Waals surface area contributed by atoms with Gasteiger partial charge in [-0.3, -0.25) is 4.68 Å². The largest absolute Gasteiger partial charge is 0.416 e. The van der Waals surface area contributed by atoms with Crippen LogP contribution in [0.3, 0.4) is 0 Å². The van der Waals surface area contributed by atoms with Crippen molar-refractivity contribution in [2.24, 2.45) is 7.05 Å². The van der Waals surface area contributed by atoms with Gasteiger partial charge in [0, 0.05) is 38.8 Å². The average molecular weight is 443 g/mol. The highest BCUT2D eigenvalue weighted by Crippen LogP contribution is 2.29. The number of hydrogen-bond donors (Lipinski definition) is 1. The summed E-state index contributed by atoms with van der Waals surface area (Å²) in [6.45, 7) is 2.24. The Morgan fingerprint density at radius 3 is 2.72 bits per heavy atom. The fourth-order valence-corrected chi connectivity index (χ4v) is 3.47. The van der Waals surface area contributed by atoms with Gasteiger partial charge in [0.2, 0.25) is 0 Å². The Kier molecular flexibility index (Phi) is 5.85. The molecule has 32 heavy (non-hydrogen) atoms. The van der Waals surface area contributed by atoms with Crippen molar-refractivity contribution in [2.45, 2.75) is 6.18 Å². The molecule has 3 heterocycles. The summed E-state index contributed by atoms with van der Waals surface area (Å²) < 4.78 is 40.0. The molecule has 166 valence electrons. The number of hydrogen-bond acceptors (Lipinski definition) is 5. The number of amides is 2. The van der Waals surface area contributed by atoms with Crippen molar-refractivity contribution in [1.82, 2.24) is 30.0 Å². The lowest BCUT2D eigenvalue weighted by Gasteiger charge is -2.35. The first-order valence-corrected chi connectivity index (χ1v) is 9.89. The SMILES string of the molecule is Cn1ncc2c(N3CCN(C(=O)NCC#Cc4cccc(C(F)(F)F)c4)CC3)ncnc21. The lowest BCUT2D eigenvalue weighted by atomic mass is 10.1. The van der Waals surface area contributed by atoms with E-state index in [-0.39, 0.29) is 18.1 Å². The maximum Gasteiger partial charge on any atom is 0.416 e. The summed E-state index contributed by atoms with van der Waals surface area (Å²) >= 11 is 0. The third-order valence-electron chi connectivity index (χ3n) is 5.13. The first-order chi connectivity index (χ1) is 15.3. The highest BCUT2D eigenvalue weighted by Gasteiger charge is 2.30. The predicted octanol–water partition coefficient (Wildman–Crippen LogP) is 2.27. The van der Waals surface area contributed by atoms with Gasteiger partial charge in [0.15, 0.2) is 5.65 Å². The van der Waals surface area contributed by atoms with Crippen LogP contribution in [-0.4, -0.2) is 63.4 Å². The van der Waals surface area contributed by atoms with Gasteiger partial charge in [-0.25, -0.2) is 14.8 Å². The third-order valence-corrected chi connectivity index (χ3v) is 5.13. The first-order valence-electron chi connectivity index (χ1n) is 9.89. The summed E-state index contributed by atoms with van der Waals surface area (Å²) in [7, 11) is 1.82. The minimum absolute atomic E-state index is 0.0392. The molecule has 1 aliphatic heterocycles. The Balaban J connectivity index is 1.30. The molecule has 2 amide bonds. The van der Waals surface area contributed by atoms with E-state index in [1.165, 1.54) is 18.5 Å². The van der Waals surface area contributed by atoms with Crippen LogP contribution in [0, 0.1) is 11.8 Å². The van der Waals surface area contributed by atoms with Crippen molar-refractivity contribution in [2.75, 3.05) is 37.6 Å². The van der Waals surface area contributed by atoms with E-state index in [0.29, 0.717) is 26.2 Å². The molecule has 1 aromatic carbocycles. The van der Waals surface area contributed by atoms with E-state index in [4.69, 9.17) is 0 Å². The summed E-state index contributed by atoms with van der Waals surface area (Å²) in [6, 6.07) is 4.52. The minimum atomic E-state index is -4.41. The molecule has 1 N–H and O–H groups in total. The van der Waals surface area contributed by atoms with Gasteiger partial charge in [-0.2, -0.15) is 18.3 Å². The highest BCUT2D eigenvalue weighted by atomic mass is 19.4. The van der Waals surface area contributed by atoms with Gasteiger partial charge in [0.05, 0.1) is 23.7 Å². The Hall–Kier alpha value is -3.81. The molecule has 0 unspecified atom stereocenters. The smallest absolute Gasteiger partial charge is 0.352 e. The summed E-state index contributed by atoms with van der Waals surface area (Å²) in [5.74, 6) is 6.13. The molecule has 1 fully saturated rings. The molecule has 8 nitrogen and oxygen atoms in total. The molecule has 1 saturated heterocycles. The molecule has 0 aliphatic carbocycles. The maximum atomic E-state index is 12.8. The number of alkyl halides is 3. The molecule has 0 bridgehead atoms. The number of carbonyl (C=O) groups is 1. The van der Waals surface area contributed by atoms with Gasteiger partial charge in [0.1, 0.15) is 12.1 Å². The predicted molar refractivity (Wildman–Crippen MR) is 112 cm³/mol. The lowest BCUT2D eigenvalue weighted by molar-refractivity contribution is -0.137. The van der Waals surface area contributed by atoms with E-state index >= 15 is 0 Å². The van der Waals surface area contributed by atoms with Crippen LogP contribution in [0.5, 0.6) is 0 Å². The van der Waals surface area contributed by atoms with Crippen LogP contribution >= 0.6 is 0 Å². The van der Waals surface area contributed by atoms with Gasteiger partial charge < -0.3 is 15.1 Å². The number of nitrogens with zero attached hydrogens (tertiary/aromatic N) is 6. The second-order valence-electron chi connectivity index (χ2n) is 7.22. The number of fused-ring (bicyclic) bond motifs is 1. The van der Waals surface area contributed by atoms with E-state index in [2.05, 4.69) is 37.1 Å². The molecule has 0 radical (unpaired) electrons. The number of piperazine rings is 1. The average Bonchev–Trinajstić information content (AvgIpc) is 3.17. The van der Waals surface area contributed by atoms with Crippen molar-refractivity contribution in [1.29, 1.82) is 0 Å². The molecule has 0 atom stereocenters. The molecule has 1 aliphatic rings. The number of aryl methyl sites for hydroxylation is 1. The minimum Gasteiger partial charge on any atom is -0.352 e. The van der Waals surface area contributed by atoms with Gasteiger partial charge in [-0.1, -0.05) is 17.9 Å². The van der Waals surface area contributed by atoms with Crippen LogP contribution in [0.1, 0.15) is 11.1 Å². The van der Waals surface area contributed by atoms with Crippen molar-refractivity contribution in [3.8, 4) is 11.8 Å². The van der Waals surface area contributed by atoms with Crippen molar-refractivity contribution < 1.29 is 18.0 Å². The number of nitrogens with one attached hydrogen (secondary N) is 1. The molecular weight excluding hydrogens is 423 g/mol. The molecule has 2 aromatic heterocycles. The fraction of sp³-hybridized carbons (Fsp3) is 0.333. The van der Waals surface area contributed by atoms with Crippen LogP contribution in [-0.2, 0) is 13.2 Å². The van der Waals surface area contributed by atoms with Gasteiger partial charge in [-0.05, 0) is 18.2 Å². The number of halogens is 3. The zero-order valence-electron chi connectivity index (χ0n) is 17.2. The van der Waals surface area contributed by atoms with E-state index in [0.717, 1.165) is 29.0 Å². The number of benzene rings is 1. The number of rotatable bonds is 2. The van der Waals surface area contributed by atoms with Crippen LogP contribution < -0.4 is 10.2 Å².